The molecule has 1 heterocycles. The number of nitrogens with zero attached hydrogens (tertiary/aromatic N) is 1. The van der Waals surface area contributed by atoms with Crippen LogP contribution in [0.3, 0.4) is 0 Å². The Bertz CT molecular complexity index is 2770. The fraction of sp³-hybridized carbons (Fsp3) is 0.0476. The molecule has 0 aliphatic carbocycles. The number of fused-ring (bicyclic) bond motifs is 1. The van der Waals surface area contributed by atoms with Crippen LogP contribution >= 0.6 is 0 Å². The molecule has 25 heteroatoms. The Morgan fingerprint density at radius 1 is 0.403 bits per heavy atom. The zero-order valence-electron chi connectivity index (χ0n) is 32.0. The molecule has 0 spiro atoms. The summed E-state index contributed by atoms with van der Waals surface area (Å²) < 4.78 is 313. The fourth-order valence-corrected chi connectivity index (χ4v) is 7.39. The van der Waals surface area contributed by atoms with Crippen LogP contribution in [0.4, 0.5) is 92.2 Å². The quantitative estimate of drug-likeness (QED) is 0.0380. The van der Waals surface area contributed by atoms with Gasteiger partial charge in [-0.1, -0.05) is 48.5 Å². The Morgan fingerprint density at radius 3 is 1.03 bits per heavy atom. The summed E-state index contributed by atoms with van der Waals surface area (Å²) in [5.74, 6) is -72.1. The highest BCUT2D eigenvalue weighted by molar-refractivity contribution is 7.20. The molecule has 0 aliphatic rings. The van der Waals surface area contributed by atoms with Crippen LogP contribution in [0.25, 0.3) is 10.8 Å². The van der Waals surface area contributed by atoms with E-state index in [4.69, 9.17) is 0 Å². The van der Waals surface area contributed by atoms with Crippen LogP contribution in [-0.4, -0.2) is 19.0 Å². The molecule has 0 unspecified atom stereocenters. The number of ether oxygens (including phenoxy) is 1. The summed E-state index contributed by atoms with van der Waals surface area (Å²) in [6.45, 7) is -0.615. The highest BCUT2D eigenvalue weighted by atomic mass is 19.2. The summed E-state index contributed by atoms with van der Waals surface area (Å²) in [5.41, 5.74) is -12.9. The van der Waals surface area contributed by atoms with Crippen molar-refractivity contribution in [1.82, 2.24) is 0 Å². The minimum atomic E-state index is -7.22. The van der Waals surface area contributed by atoms with Crippen LogP contribution in [0.1, 0.15) is 16.1 Å². The van der Waals surface area contributed by atoms with E-state index in [0.717, 1.165) is 16.3 Å². The van der Waals surface area contributed by atoms with Crippen molar-refractivity contribution in [3.05, 3.63) is 194 Å². The molecule has 6 aromatic carbocycles. The Hall–Kier alpha value is -7.21. The van der Waals surface area contributed by atoms with Crippen molar-refractivity contribution in [2.24, 2.45) is 0 Å². The third-order valence-electron chi connectivity index (χ3n) is 10.2. The number of hydrogen-bond acceptors (Lipinski definition) is 2. The molecule has 7 aromatic rings. The molecule has 0 N–H and O–H groups in total. The zero-order chi connectivity index (χ0) is 49.7. The number of esters is 1. The van der Waals surface area contributed by atoms with Gasteiger partial charge in [-0.2, -0.15) is 4.57 Å². The van der Waals surface area contributed by atoms with Gasteiger partial charge in [0.05, 0.1) is 5.39 Å². The molecule has 0 amide bonds. The molecule has 1 aromatic heterocycles. The van der Waals surface area contributed by atoms with E-state index in [9.17, 15) is 61.9 Å². The molecule has 0 aliphatic heterocycles. The van der Waals surface area contributed by atoms with Crippen LogP contribution < -0.4 is 26.4 Å². The largest absolute Gasteiger partial charge is 0.426 e. The van der Waals surface area contributed by atoms with E-state index in [1.807, 2.05) is 66.9 Å². The van der Waals surface area contributed by atoms with Crippen LogP contribution in [0.15, 0.2) is 66.9 Å². The summed E-state index contributed by atoms with van der Waals surface area (Å²) in [5, 5.41) is 1.66. The third kappa shape index (κ3) is 7.81. The molecule has 350 valence electrons. The van der Waals surface area contributed by atoms with Gasteiger partial charge in [-0.05, 0) is 11.5 Å². The van der Waals surface area contributed by atoms with Gasteiger partial charge >= 0.3 is 5.97 Å². The van der Waals surface area contributed by atoms with E-state index >= 15 is 35.1 Å². The number of benzene rings is 6. The summed E-state index contributed by atoms with van der Waals surface area (Å²) >= 11 is 0. The molecule has 0 saturated heterocycles. The lowest BCUT2D eigenvalue weighted by atomic mass is 9.12. The van der Waals surface area contributed by atoms with E-state index in [1.54, 1.807) is 4.57 Å². The standard InChI is InChI=1S/C24BF20.C18H15FNO2/c26-5-1(6(27)14(35)21(42)13(5)34)25(2-7(28)15(36)22(43)16(37)8(2)29,3-9(30)17(38)23(44)18(39)10(3)31)4-11(32)19(40)24(45)20(41)12(4)33;19-13-22-18(21)17-16-9-5-4-8-15(16)10-11-20(17)12-14-6-2-1-3-7-14/h;1-11H,12-13H2/q-1;+1. The summed E-state index contributed by atoms with van der Waals surface area (Å²) in [6, 6.07) is 19.2. The fourth-order valence-electron chi connectivity index (χ4n) is 7.39. The monoisotopic (exact) mass is 975 g/mol. The average molecular weight is 975 g/mol. The Morgan fingerprint density at radius 2 is 0.701 bits per heavy atom. The SMILES string of the molecule is Fc1c(F)c(F)c([B-](c2c(F)c(F)c(F)c(F)c2F)(c2c(F)c(F)c(F)c(F)c2F)c2c(F)c(F)c(F)c(F)c2F)c(F)c1F.O=C(OCF)c1c2ccccc2cc[n+]1Cc1ccccc1. The first-order valence-corrected chi connectivity index (χ1v) is 17.9. The lowest BCUT2D eigenvalue weighted by molar-refractivity contribution is -0.689. The van der Waals surface area contributed by atoms with Crippen molar-refractivity contribution in [2.75, 3.05) is 6.86 Å². The number of aromatic nitrogens is 1. The number of carbonyl (C=O) groups is 1. The number of pyridine rings is 1. The zero-order valence-corrected chi connectivity index (χ0v) is 32.0. The smallest absolute Gasteiger partial charge is 0.406 e. The second-order valence-electron chi connectivity index (χ2n) is 13.7. The van der Waals surface area contributed by atoms with Gasteiger partial charge in [0.1, 0.15) is 52.7 Å². The molecule has 0 saturated carbocycles. The first-order valence-electron chi connectivity index (χ1n) is 17.9. The minimum absolute atomic E-state index is 0.361. The molecular formula is C42H15BF21NO2. The summed E-state index contributed by atoms with van der Waals surface area (Å²) in [7, 11) is 0. The van der Waals surface area contributed by atoms with Crippen molar-refractivity contribution in [2.45, 2.75) is 6.54 Å². The topological polar surface area (TPSA) is 30.2 Å². The van der Waals surface area contributed by atoms with Gasteiger partial charge in [0.25, 0.3) is 5.69 Å². The van der Waals surface area contributed by atoms with Gasteiger partial charge in [-0.15, -0.1) is 21.9 Å². The van der Waals surface area contributed by atoms with E-state index in [2.05, 4.69) is 4.74 Å². The van der Waals surface area contributed by atoms with E-state index in [-0.39, 0.29) is 0 Å². The van der Waals surface area contributed by atoms with Gasteiger partial charge in [0.2, 0.25) is 6.86 Å². The number of hydrogen-bond donors (Lipinski definition) is 0. The average Bonchev–Trinajstić information content (AvgIpc) is 3.31. The van der Waals surface area contributed by atoms with Crippen LogP contribution in [0.5, 0.6) is 0 Å². The van der Waals surface area contributed by atoms with Gasteiger partial charge in [-0.25, -0.2) is 97.0 Å². The summed E-state index contributed by atoms with van der Waals surface area (Å²) in [6.07, 6.45) is -5.39. The van der Waals surface area contributed by atoms with Crippen molar-refractivity contribution in [3.63, 3.8) is 0 Å². The highest BCUT2D eigenvalue weighted by Crippen LogP contribution is 2.31. The first-order chi connectivity index (χ1) is 31.5. The van der Waals surface area contributed by atoms with Crippen LogP contribution in [-0.2, 0) is 11.3 Å². The second-order valence-corrected chi connectivity index (χ2v) is 13.7. The molecule has 0 fully saturated rings. The maximum Gasteiger partial charge on any atom is 0.406 e. The molecule has 3 nitrogen and oxygen atoms in total. The van der Waals surface area contributed by atoms with Gasteiger partial charge in [0, 0.05) is 11.6 Å². The third-order valence-corrected chi connectivity index (χ3v) is 10.2. The Kier molecular flexibility index (Phi) is 13.7. The Balaban J connectivity index is 0.000000279. The van der Waals surface area contributed by atoms with Crippen molar-refractivity contribution < 1.29 is 106 Å². The Labute approximate surface area is 358 Å². The molecular weight excluding hydrogens is 960 g/mol. The predicted molar refractivity (Wildman–Crippen MR) is 190 cm³/mol. The van der Waals surface area contributed by atoms with E-state index < -0.39 is 157 Å². The van der Waals surface area contributed by atoms with E-state index in [0.29, 0.717) is 12.2 Å². The number of carbonyl (C=O) groups excluding carboxylic acids is 1. The molecule has 67 heavy (non-hydrogen) atoms. The van der Waals surface area contributed by atoms with Gasteiger partial charge in [0.15, 0.2) is 82.5 Å². The number of rotatable bonds is 8. The number of halogens is 21. The van der Waals surface area contributed by atoms with Crippen molar-refractivity contribution >= 4 is 44.7 Å². The lowest BCUT2D eigenvalue weighted by Crippen LogP contribution is -2.81. The molecule has 0 radical (unpaired) electrons. The van der Waals surface area contributed by atoms with E-state index in [1.165, 1.54) is 0 Å². The van der Waals surface area contributed by atoms with Gasteiger partial charge < -0.3 is 4.74 Å². The lowest BCUT2D eigenvalue weighted by Gasteiger charge is -2.44. The van der Waals surface area contributed by atoms with Crippen molar-refractivity contribution in [1.29, 1.82) is 0 Å². The van der Waals surface area contributed by atoms with Gasteiger partial charge in [-0.3, -0.25) is 0 Å². The number of alkyl halides is 1. The van der Waals surface area contributed by atoms with Crippen LogP contribution in [0.2, 0.25) is 0 Å². The maximum absolute atomic E-state index is 15.4. The van der Waals surface area contributed by atoms with Crippen LogP contribution in [0, 0.1) is 116 Å². The van der Waals surface area contributed by atoms with Crippen molar-refractivity contribution in [3.8, 4) is 0 Å². The first kappa shape index (κ1) is 49.2. The predicted octanol–water partition coefficient (Wildman–Crippen LogP) is 9.11. The second kappa shape index (κ2) is 18.6. The molecule has 0 bridgehead atoms. The normalized spacial score (nSPS) is 11.5. The molecule has 7 rings (SSSR count). The summed E-state index contributed by atoms with van der Waals surface area (Å²) in [4.78, 5) is 12.2. The maximum atomic E-state index is 15.4. The minimum Gasteiger partial charge on any atom is -0.426 e. The highest BCUT2D eigenvalue weighted by Gasteiger charge is 2.52. The molecule has 0 atom stereocenters.